The van der Waals surface area contributed by atoms with Crippen molar-refractivity contribution in [1.29, 1.82) is 0 Å². The molecule has 50 heavy (non-hydrogen) atoms. The molecule has 0 unspecified atom stereocenters. The first kappa shape index (κ1) is 38.9. The molecule has 1 aromatic heterocycles. The van der Waals surface area contributed by atoms with E-state index in [1.54, 1.807) is 7.11 Å². The minimum atomic E-state index is -4.08. The molecule has 4 rings (SSSR count). The maximum atomic E-state index is 13.9. The number of urea groups is 1. The number of carbonyl (C=O) groups excluding carboxylic acids is 2. The number of nitrogens with zero attached hydrogens (tertiary/aromatic N) is 4. The van der Waals surface area contributed by atoms with Crippen LogP contribution in [0.1, 0.15) is 48.0 Å². The van der Waals surface area contributed by atoms with Gasteiger partial charge in [0, 0.05) is 32.6 Å². The summed E-state index contributed by atoms with van der Waals surface area (Å²) in [6.45, 7) is 1.74. The van der Waals surface area contributed by atoms with Gasteiger partial charge in [-0.05, 0) is 55.4 Å². The molecule has 14 nitrogen and oxygen atoms in total. The van der Waals surface area contributed by atoms with Crippen LogP contribution < -0.4 is 10.6 Å². The van der Waals surface area contributed by atoms with E-state index in [-0.39, 0.29) is 36.9 Å². The van der Waals surface area contributed by atoms with Gasteiger partial charge < -0.3 is 35.7 Å². The number of hydrogen-bond acceptors (Lipinski definition) is 11. The summed E-state index contributed by atoms with van der Waals surface area (Å²) < 4.78 is 34.2. The second-order valence-corrected chi connectivity index (χ2v) is 15.4. The van der Waals surface area contributed by atoms with Gasteiger partial charge in [0.2, 0.25) is 15.9 Å². The van der Waals surface area contributed by atoms with Crippen LogP contribution in [0.4, 0.5) is 4.79 Å². The number of benzene rings is 2. The summed E-state index contributed by atoms with van der Waals surface area (Å²) in [5.41, 5.74) is 1.92. The third-order valence-corrected chi connectivity index (χ3v) is 11.3. The molecular weight excluding hydrogens is 685 g/mol. The van der Waals surface area contributed by atoms with Crippen molar-refractivity contribution in [1.82, 2.24) is 24.8 Å². The number of amides is 3. The normalized spacial score (nSPS) is 16.0. The molecule has 0 spiro atoms. The van der Waals surface area contributed by atoms with Crippen LogP contribution in [0.3, 0.4) is 0 Å². The highest BCUT2D eigenvalue weighted by atomic mass is 32.2. The van der Waals surface area contributed by atoms with Gasteiger partial charge in [0.1, 0.15) is 11.0 Å². The number of carbonyl (C=O) groups is 2. The summed E-state index contributed by atoms with van der Waals surface area (Å²) in [6, 6.07) is 12.0. The SMILES string of the molecule is COCc1nc(CN(C)C(=O)N[C@H](C(=O)N[C@@H](Cc2ccccc2)[C@H](O)CN(CC2CCC2)S(=O)(=O)c2ccc(C=NO)cc2)[C@@H](C)O)cs1. The van der Waals surface area contributed by atoms with Gasteiger partial charge >= 0.3 is 6.03 Å². The zero-order valence-corrected chi connectivity index (χ0v) is 30.0. The Morgan fingerprint density at radius 1 is 1.12 bits per heavy atom. The van der Waals surface area contributed by atoms with Crippen molar-refractivity contribution in [2.45, 2.75) is 74.9 Å². The Morgan fingerprint density at radius 3 is 2.42 bits per heavy atom. The van der Waals surface area contributed by atoms with Crippen molar-refractivity contribution in [2.75, 3.05) is 27.2 Å². The number of aliphatic hydroxyl groups excluding tert-OH is 2. The second kappa shape index (κ2) is 18.3. The summed E-state index contributed by atoms with van der Waals surface area (Å²) in [4.78, 5) is 32.6. The van der Waals surface area contributed by atoms with Gasteiger partial charge in [-0.2, -0.15) is 4.31 Å². The first-order valence-corrected chi connectivity index (χ1v) is 18.6. The summed E-state index contributed by atoms with van der Waals surface area (Å²) in [5, 5.41) is 42.0. The number of ether oxygens (including phenoxy) is 1. The summed E-state index contributed by atoms with van der Waals surface area (Å²) in [7, 11) is -0.976. The lowest BCUT2D eigenvalue weighted by molar-refractivity contribution is -0.127. The van der Waals surface area contributed by atoms with E-state index in [0.717, 1.165) is 29.8 Å². The molecule has 2 aromatic carbocycles. The number of thiazole rings is 1. The molecule has 0 bridgehead atoms. The van der Waals surface area contributed by atoms with Crippen molar-refractivity contribution >= 4 is 39.5 Å². The van der Waals surface area contributed by atoms with Crippen LogP contribution in [0.5, 0.6) is 0 Å². The van der Waals surface area contributed by atoms with Gasteiger partial charge in [-0.25, -0.2) is 18.2 Å². The van der Waals surface area contributed by atoms with Crippen molar-refractivity contribution in [3.8, 4) is 0 Å². The molecule has 3 aromatic rings. The largest absolute Gasteiger partial charge is 0.411 e. The molecule has 1 aliphatic carbocycles. The molecule has 0 aliphatic heterocycles. The molecule has 5 N–H and O–H groups in total. The second-order valence-electron chi connectivity index (χ2n) is 12.5. The van der Waals surface area contributed by atoms with Crippen LogP contribution in [-0.4, -0.2) is 108 Å². The number of nitrogens with one attached hydrogen (secondary N) is 2. The third kappa shape index (κ3) is 10.8. The maximum absolute atomic E-state index is 13.9. The minimum Gasteiger partial charge on any atom is -0.411 e. The lowest BCUT2D eigenvalue weighted by atomic mass is 9.85. The molecule has 1 fully saturated rings. The summed E-state index contributed by atoms with van der Waals surface area (Å²) >= 11 is 1.40. The Labute approximate surface area is 296 Å². The number of rotatable bonds is 18. The van der Waals surface area contributed by atoms with Crippen molar-refractivity contribution in [2.24, 2.45) is 11.1 Å². The zero-order chi connectivity index (χ0) is 36.3. The van der Waals surface area contributed by atoms with E-state index in [2.05, 4.69) is 20.8 Å². The van der Waals surface area contributed by atoms with E-state index >= 15 is 0 Å². The van der Waals surface area contributed by atoms with Crippen molar-refractivity contribution < 1.29 is 38.2 Å². The topological polar surface area (TPSA) is 194 Å². The number of hydrogen-bond donors (Lipinski definition) is 5. The fraction of sp³-hybridized carbons (Fsp3) is 0.471. The first-order chi connectivity index (χ1) is 23.9. The Balaban J connectivity index is 1.52. The number of oxime groups is 1. The molecule has 4 atom stereocenters. The number of sulfonamides is 1. The average Bonchev–Trinajstić information content (AvgIpc) is 3.51. The van der Waals surface area contributed by atoms with Gasteiger partial charge in [0.05, 0.1) is 48.2 Å². The van der Waals surface area contributed by atoms with Crippen LogP contribution in [0, 0.1) is 5.92 Å². The van der Waals surface area contributed by atoms with Gasteiger partial charge in [0.25, 0.3) is 0 Å². The molecule has 16 heteroatoms. The van der Waals surface area contributed by atoms with E-state index in [4.69, 9.17) is 9.94 Å². The maximum Gasteiger partial charge on any atom is 0.318 e. The van der Waals surface area contributed by atoms with E-state index in [1.165, 1.54) is 65.0 Å². The minimum absolute atomic E-state index is 0.0105. The van der Waals surface area contributed by atoms with E-state index in [9.17, 15) is 28.2 Å². The highest BCUT2D eigenvalue weighted by Crippen LogP contribution is 2.30. The van der Waals surface area contributed by atoms with Crippen molar-refractivity contribution in [3.63, 3.8) is 0 Å². The number of aromatic nitrogens is 1. The van der Waals surface area contributed by atoms with E-state index in [1.807, 2.05) is 35.7 Å². The summed E-state index contributed by atoms with van der Waals surface area (Å²) in [6.07, 6.45) is 1.37. The quantitative estimate of drug-likeness (QED) is 0.0743. The highest BCUT2D eigenvalue weighted by molar-refractivity contribution is 7.89. The predicted octanol–water partition coefficient (Wildman–Crippen LogP) is 2.57. The molecule has 0 radical (unpaired) electrons. The fourth-order valence-corrected chi connectivity index (χ4v) is 7.80. The van der Waals surface area contributed by atoms with Crippen LogP contribution in [0.15, 0.2) is 70.0 Å². The van der Waals surface area contributed by atoms with E-state index < -0.39 is 46.3 Å². The van der Waals surface area contributed by atoms with E-state index in [0.29, 0.717) is 17.9 Å². The van der Waals surface area contributed by atoms with Crippen molar-refractivity contribution in [3.05, 3.63) is 81.8 Å². The van der Waals surface area contributed by atoms with Gasteiger partial charge in [0.15, 0.2) is 0 Å². The number of aliphatic hydroxyl groups is 2. The highest BCUT2D eigenvalue weighted by Gasteiger charge is 2.35. The third-order valence-electron chi connectivity index (χ3n) is 8.55. The molecule has 1 saturated carbocycles. The van der Waals surface area contributed by atoms with Crippen LogP contribution >= 0.6 is 11.3 Å². The molecule has 272 valence electrons. The standard InChI is InChI=1S/C34H46N6O8S2/c1-23(41)32(38-34(44)39(2)19-27-22-49-31(36-27)21-48-3)33(43)37-29(16-24-8-5-4-6-9-24)30(42)20-40(18-26-10-7-11-26)50(46,47)28-14-12-25(13-15-28)17-35-45/h4-6,8-9,12-15,17,22-23,26,29-30,32,41-42,45H,7,10-11,16,18-21H2,1-3H3,(H,37,43)(H,38,44)/t23-,29+,30-,32+/m1/s1. The van der Waals surface area contributed by atoms with Crippen LogP contribution in [-0.2, 0) is 39.1 Å². The summed E-state index contributed by atoms with van der Waals surface area (Å²) in [5.74, 6) is -0.616. The molecular formula is C34H46N6O8S2. The average molecular weight is 731 g/mol. The van der Waals surface area contributed by atoms with Gasteiger partial charge in [-0.1, -0.05) is 54.0 Å². The Kier molecular flexibility index (Phi) is 14.3. The number of methoxy groups -OCH3 is 1. The first-order valence-electron chi connectivity index (χ1n) is 16.3. The lowest BCUT2D eigenvalue weighted by Gasteiger charge is -2.35. The molecule has 1 heterocycles. The Morgan fingerprint density at radius 2 is 1.82 bits per heavy atom. The van der Waals surface area contributed by atoms with Gasteiger partial charge in [-0.3, -0.25) is 4.79 Å². The molecule has 1 aliphatic rings. The van der Waals surface area contributed by atoms with Gasteiger partial charge in [-0.15, -0.1) is 11.3 Å². The Bertz CT molecular complexity index is 1670. The van der Waals surface area contributed by atoms with Crippen LogP contribution in [0.25, 0.3) is 0 Å². The molecule has 0 saturated heterocycles. The Hall–Kier alpha value is -3.93. The monoisotopic (exact) mass is 730 g/mol. The smallest absolute Gasteiger partial charge is 0.318 e. The van der Waals surface area contributed by atoms with Crippen LogP contribution in [0.2, 0.25) is 0 Å². The zero-order valence-electron chi connectivity index (χ0n) is 28.4. The molecule has 3 amide bonds. The predicted molar refractivity (Wildman–Crippen MR) is 188 cm³/mol. The fourth-order valence-electron chi connectivity index (χ4n) is 5.51. The lowest BCUT2D eigenvalue weighted by Crippen LogP contribution is -2.59.